The maximum Gasteiger partial charge on any atom is 0.314 e. The minimum absolute atomic E-state index is 0.174. The third kappa shape index (κ3) is 9.04. The van der Waals surface area contributed by atoms with Crippen LogP contribution in [-0.4, -0.2) is 76.3 Å². The predicted molar refractivity (Wildman–Crippen MR) is 188 cm³/mol. The molecule has 0 aliphatic rings. The van der Waals surface area contributed by atoms with Crippen LogP contribution in [0.1, 0.15) is 8.29 Å². The Hall–Kier alpha value is -5.96. The molecule has 0 atom stereocenters. The smallest absolute Gasteiger partial charge is 0.314 e. The Morgan fingerprint density at radius 3 is 1.74 bits per heavy atom. The summed E-state index contributed by atoms with van der Waals surface area (Å²) in [6, 6.07) is 19.3. The van der Waals surface area contributed by atoms with Crippen LogP contribution in [0.5, 0.6) is 0 Å². The van der Waals surface area contributed by atoms with Crippen molar-refractivity contribution in [3.8, 4) is 22.5 Å². The van der Waals surface area contributed by atoms with E-state index in [1.165, 1.54) is 0 Å². The van der Waals surface area contributed by atoms with Gasteiger partial charge in [0.15, 0.2) is 0 Å². The Labute approximate surface area is 272 Å². The number of hydrogen-bond donors (Lipinski definition) is 9. The van der Waals surface area contributed by atoms with Gasteiger partial charge in [-0.05, 0) is 31.2 Å². The molecule has 4 aromatic heterocycles. The van der Waals surface area contributed by atoms with Crippen molar-refractivity contribution in [3.05, 3.63) is 73.1 Å². The van der Waals surface area contributed by atoms with Gasteiger partial charge in [0.25, 0.3) is 0 Å². The van der Waals surface area contributed by atoms with Crippen LogP contribution >= 0.6 is 0 Å². The SMILES string of the molecule is CCNC(=O)NCCNc1cc(N)nc2cc(-c3ccn[nH]3)ccc12.NCCNc1cc(N)nc2cc(-c3ccn[nH]3)ccc12.[2H]CF. The van der Waals surface area contributed by atoms with E-state index in [1.807, 2.05) is 61.5 Å². The summed E-state index contributed by atoms with van der Waals surface area (Å²) in [5.74, 6) is 0.923. The molecular weight excluding hydrogens is 601 g/mol. The first-order chi connectivity index (χ1) is 23.4. The zero-order valence-electron chi connectivity index (χ0n) is 27.0. The number of anilines is 4. The maximum absolute atomic E-state index is 11.4. The molecule has 0 saturated heterocycles. The van der Waals surface area contributed by atoms with Gasteiger partial charge in [-0.1, -0.05) is 24.3 Å². The first-order valence-corrected chi connectivity index (χ1v) is 14.8. The van der Waals surface area contributed by atoms with E-state index in [1.54, 1.807) is 18.5 Å². The summed E-state index contributed by atoms with van der Waals surface area (Å²) >= 11 is 0. The lowest BCUT2D eigenvalue weighted by Crippen LogP contribution is -2.37. The molecule has 6 aromatic rings. The fourth-order valence-electron chi connectivity index (χ4n) is 4.76. The van der Waals surface area contributed by atoms with E-state index in [9.17, 15) is 9.18 Å². The Balaban J connectivity index is 0.000000204. The molecule has 6 rings (SSSR count). The number of halogens is 1. The number of nitrogen functional groups attached to an aromatic ring is 2. The van der Waals surface area contributed by atoms with Gasteiger partial charge in [0.05, 0.1) is 30.9 Å². The largest absolute Gasteiger partial charge is 0.384 e. The molecule has 246 valence electrons. The number of carbonyl (C=O) groups is 1. The molecule has 12 N–H and O–H groups in total. The zero-order valence-corrected chi connectivity index (χ0v) is 26.0. The lowest BCUT2D eigenvalue weighted by molar-refractivity contribution is 0.242. The molecule has 0 unspecified atom stereocenters. The summed E-state index contributed by atoms with van der Waals surface area (Å²) in [6.45, 7) is 4.82. The van der Waals surface area contributed by atoms with Crippen LogP contribution in [0, 0.1) is 0 Å². The molecule has 0 bridgehead atoms. The van der Waals surface area contributed by atoms with Crippen molar-refractivity contribution in [3.63, 3.8) is 0 Å². The lowest BCUT2D eigenvalue weighted by Gasteiger charge is -2.12. The van der Waals surface area contributed by atoms with Gasteiger partial charge in [-0.2, -0.15) is 10.2 Å². The van der Waals surface area contributed by atoms with Gasteiger partial charge in [-0.25, -0.2) is 14.8 Å². The van der Waals surface area contributed by atoms with Crippen molar-refractivity contribution >= 4 is 50.8 Å². The molecule has 4 heterocycles. The molecule has 2 aromatic carbocycles. The number of aromatic nitrogens is 6. The minimum Gasteiger partial charge on any atom is -0.384 e. The molecule has 14 nitrogen and oxygen atoms in total. The standard InChI is InChI=1S/C17H21N7O.C14H16N6.CH3F/c1-2-19-17(25)21-8-7-20-14-10-16(18)23-15-9-11(3-4-12(14)15)13-5-6-22-24-13;15-4-6-17-12-8-14(16)19-13-7-9(1-2-10(12)13)11-3-5-18-20-11;1-2/h3-6,9-10H,2,7-8H2,1H3,(H,22,24)(H3,18,20,23)(H2,19,21,25);1-3,5,7-8H,4,6,15H2,(H,18,20)(H3,16,17,19);1H3/i;;1D. The van der Waals surface area contributed by atoms with Crippen molar-refractivity contribution in [1.29, 1.82) is 0 Å². The quantitative estimate of drug-likeness (QED) is 0.0972. The van der Waals surface area contributed by atoms with E-state index in [0.717, 1.165) is 55.7 Å². The molecule has 47 heavy (non-hydrogen) atoms. The van der Waals surface area contributed by atoms with Crippen molar-refractivity contribution in [2.45, 2.75) is 6.92 Å². The predicted octanol–water partition coefficient (Wildman–Crippen LogP) is 4.10. The fourth-order valence-corrected chi connectivity index (χ4v) is 4.76. The molecule has 0 radical (unpaired) electrons. The number of benzene rings is 2. The third-order valence-electron chi connectivity index (χ3n) is 6.81. The van der Waals surface area contributed by atoms with Crippen molar-refractivity contribution < 1.29 is 10.6 Å². The Kier molecular flexibility index (Phi) is 11.7. The first kappa shape index (κ1) is 32.4. The second-order valence-electron chi connectivity index (χ2n) is 10.0. The number of aromatic amines is 2. The highest BCUT2D eigenvalue weighted by molar-refractivity contribution is 5.96. The van der Waals surface area contributed by atoms with E-state index in [2.05, 4.69) is 51.6 Å². The first-order valence-electron chi connectivity index (χ1n) is 15.5. The van der Waals surface area contributed by atoms with Crippen molar-refractivity contribution in [2.75, 3.05) is 62.0 Å². The van der Waals surface area contributed by atoms with Crippen molar-refractivity contribution in [2.24, 2.45) is 5.73 Å². The topological polar surface area (TPSA) is 226 Å². The number of nitrogens with zero attached hydrogens (tertiary/aromatic N) is 4. The van der Waals surface area contributed by atoms with Crippen LogP contribution in [0.15, 0.2) is 73.1 Å². The van der Waals surface area contributed by atoms with E-state index in [-0.39, 0.29) is 6.03 Å². The summed E-state index contributed by atoms with van der Waals surface area (Å²) in [4.78, 5) is 20.2. The summed E-state index contributed by atoms with van der Waals surface area (Å²) < 4.78 is 15.5. The molecule has 0 saturated carbocycles. The van der Waals surface area contributed by atoms with Crippen LogP contribution in [0.25, 0.3) is 44.3 Å². The Bertz CT molecular complexity index is 1890. The third-order valence-corrected chi connectivity index (χ3v) is 6.81. The number of nitrogens with one attached hydrogen (secondary N) is 6. The van der Waals surface area contributed by atoms with E-state index >= 15 is 0 Å². The average molecular weight is 643 g/mol. The lowest BCUT2D eigenvalue weighted by atomic mass is 10.1. The molecule has 0 aliphatic carbocycles. The van der Waals surface area contributed by atoms with Gasteiger partial charge in [0.2, 0.25) is 0 Å². The number of amides is 2. The van der Waals surface area contributed by atoms with Crippen LogP contribution in [0.4, 0.5) is 32.2 Å². The number of carbonyl (C=O) groups excluding carboxylic acids is 1. The number of fused-ring (bicyclic) bond motifs is 2. The highest BCUT2D eigenvalue weighted by Crippen LogP contribution is 2.29. The molecule has 0 spiro atoms. The Morgan fingerprint density at radius 1 is 0.787 bits per heavy atom. The summed E-state index contributed by atoms with van der Waals surface area (Å²) in [7, 11) is -1.00. The van der Waals surface area contributed by atoms with Gasteiger partial charge in [-0.3, -0.25) is 14.6 Å². The Morgan fingerprint density at radius 2 is 1.30 bits per heavy atom. The second kappa shape index (κ2) is 16.9. The van der Waals surface area contributed by atoms with Crippen LogP contribution in [0.3, 0.4) is 0 Å². The van der Waals surface area contributed by atoms with Crippen LogP contribution < -0.4 is 38.5 Å². The monoisotopic (exact) mass is 642 g/mol. The van der Waals surface area contributed by atoms with Crippen molar-refractivity contribution in [1.82, 2.24) is 41.0 Å². The van der Waals surface area contributed by atoms with Crippen LogP contribution in [-0.2, 0) is 0 Å². The van der Waals surface area contributed by atoms with Crippen LogP contribution in [0.2, 0.25) is 0 Å². The highest BCUT2D eigenvalue weighted by Gasteiger charge is 2.09. The number of H-pyrrole nitrogens is 2. The van der Waals surface area contributed by atoms with Gasteiger partial charge >= 0.3 is 6.03 Å². The number of nitrogens with two attached hydrogens (primary N) is 3. The fraction of sp³-hybridized carbons (Fsp3) is 0.219. The normalized spacial score (nSPS) is 10.7. The van der Waals surface area contributed by atoms with Gasteiger partial charge in [-0.15, -0.1) is 0 Å². The summed E-state index contributed by atoms with van der Waals surface area (Å²) in [5, 5.41) is 27.8. The van der Waals surface area contributed by atoms with Gasteiger partial charge in [0.1, 0.15) is 11.6 Å². The highest BCUT2D eigenvalue weighted by atomic mass is 19.1. The molecule has 2 amide bonds. The second-order valence-corrected chi connectivity index (χ2v) is 10.0. The molecule has 0 fully saturated rings. The van der Waals surface area contributed by atoms with E-state index in [0.29, 0.717) is 44.4 Å². The molecule has 15 heteroatoms. The average Bonchev–Trinajstić information content (AvgIpc) is 3.81. The number of pyridine rings is 2. The minimum atomic E-state index is -1.00. The number of alkyl halides is 1. The number of hydrogen-bond acceptors (Lipinski definition) is 10. The number of urea groups is 1. The molecular formula is C32H40FN13O. The zero-order chi connectivity index (χ0) is 34.3. The van der Waals surface area contributed by atoms with Gasteiger partial charge in [0, 0.05) is 90.5 Å². The number of rotatable bonds is 10. The van der Waals surface area contributed by atoms with E-state index < -0.39 is 7.15 Å². The summed E-state index contributed by atoms with van der Waals surface area (Å²) in [5.41, 5.74) is 24.7. The maximum atomic E-state index is 11.4. The summed E-state index contributed by atoms with van der Waals surface area (Å²) in [6.07, 6.45) is 3.43. The van der Waals surface area contributed by atoms with E-state index in [4.69, 9.17) is 18.6 Å². The molecule has 0 aliphatic heterocycles. The van der Waals surface area contributed by atoms with Gasteiger partial charge < -0.3 is 38.5 Å².